The lowest BCUT2D eigenvalue weighted by atomic mass is 9.97. The molecule has 1 aromatic carbocycles. The lowest BCUT2D eigenvalue weighted by Crippen LogP contribution is -2.40. The Balaban J connectivity index is 1.25. The first-order valence-corrected chi connectivity index (χ1v) is 10.6. The van der Waals surface area contributed by atoms with E-state index in [1.165, 1.54) is 24.0 Å². The second kappa shape index (κ2) is 9.12. The highest BCUT2D eigenvalue weighted by molar-refractivity contribution is 7.09. The lowest BCUT2D eigenvalue weighted by molar-refractivity contribution is 0.0931. The van der Waals surface area contributed by atoms with Crippen molar-refractivity contribution in [3.8, 4) is 0 Å². The SMILES string of the molecule is O=C(NCC1CCCN(Cc2cccs2)C1)c1ccc(Cn2cncn2)cc1. The molecule has 3 heterocycles. The van der Waals surface area contributed by atoms with Crippen LogP contribution in [0.1, 0.15) is 33.6 Å². The number of nitrogens with one attached hydrogen (secondary N) is 1. The molecule has 28 heavy (non-hydrogen) atoms. The number of nitrogens with zero attached hydrogens (tertiary/aromatic N) is 4. The maximum Gasteiger partial charge on any atom is 0.251 e. The van der Waals surface area contributed by atoms with Gasteiger partial charge in [0.1, 0.15) is 12.7 Å². The Kier molecular flexibility index (Phi) is 6.14. The third-order valence-electron chi connectivity index (χ3n) is 5.14. The Bertz CT molecular complexity index is 861. The Morgan fingerprint density at radius 1 is 1.21 bits per heavy atom. The van der Waals surface area contributed by atoms with Crippen LogP contribution in [0.3, 0.4) is 0 Å². The normalized spacial score (nSPS) is 17.5. The van der Waals surface area contributed by atoms with E-state index in [2.05, 4.69) is 37.8 Å². The van der Waals surface area contributed by atoms with Crippen molar-refractivity contribution in [2.75, 3.05) is 19.6 Å². The molecule has 0 radical (unpaired) electrons. The minimum atomic E-state index is 0.00249. The van der Waals surface area contributed by atoms with Crippen LogP contribution in [0.15, 0.2) is 54.4 Å². The van der Waals surface area contributed by atoms with Crippen LogP contribution in [0.5, 0.6) is 0 Å². The number of amides is 1. The van der Waals surface area contributed by atoms with Gasteiger partial charge < -0.3 is 5.32 Å². The maximum atomic E-state index is 12.5. The van der Waals surface area contributed by atoms with Gasteiger partial charge in [0, 0.05) is 30.1 Å². The standard InChI is InChI=1S/C21H25N5OS/c27-21(19-7-5-17(6-8-19)13-26-16-22-15-24-26)23-11-18-3-1-9-25(12-18)14-20-4-2-10-28-20/h2,4-8,10,15-16,18H,1,3,9,11-14H2,(H,23,27). The van der Waals surface area contributed by atoms with E-state index in [-0.39, 0.29) is 5.91 Å². The van der Waals surface area contributed by atoms with Crippen LogP contribution in [0.25, 0.3) is 0 Å². The van der Waals surface area contributed by atoms with Gasteiger partial charge in [-0.3, -0.25) is 9.69 Å². The Morgan fingerprint density at radius 2 is 2.11 bits per heavy atom. The number of aromatic nitrogens is 3. The third kappa shape index (κ3) is 5.05. The van der Waals surface area contributed by atoms with Crippen molar-refractivity contribution in [1.29, 1.82) is 0 Å². The van der Waals surface area contributed by atoms with E-state index in [1.807, 2.05) is 35.6 Å². The van der Waals surface area contributed by atoms with Crippen molar-refractivity contribution in [2.24, 2.45) is 5.92 Å². The molecule has 0 spiro atoms. The molecule has 2 aromatic heterocycles. The highest BCUT2D eigenvalue weighted by atomic mass is 32.1. The van der Waals surface area contributed by atoms with Crippen LogP contribution in [0.2, 0.25) is 0 Å². The number of hydrogen-bond donors (Lipinski definition) is 1. The van der Waals surface area contributed by atoms with Gasteiger partial charge in [-0.05, 0) is 54.4 Å². The molecule has 1 atom stereocenters. The van der Waals surface area contributed by atoms with E-state index in [9.17, 15) is 4.79 Å². The van der Waals surface area contributed by atoms with Crippen molar-refractivity contribution in [1.82, 2.24) is 25.0 Å². The fraction of sp³-hybridized carbons (Fsp3) is 0.381. The minimum absolute atomic E-state index is 0.00249. The average Bonchev–Trinajstić information content (AvgIpc) is 3.41. The summed E-state index contributed by atoms with van der Waals surface area (Å²) in [6, 6.07) is 12.0. The zero-order valence-electron chi connectivity index (χ0n) is 15.8. The van der Waals surface area contributed by atoms with E-state index >= 15 is 0 Å². The Labute approximate surface area is 169 Å². The predicted octanol–water partition coefficient (Wildman–Crippen LogP) is 3.03. The summed E-state index contributed by atoms with van der Waals surface area (Å²) in [5, 5.41) is 9.36. The molecule has 1 aliphatic rings. The molecular weight excluding hydrogens is 370 g/mol. The Morgan fingerprint density at radius 3 is 2.86 bits per heavy atom. The third-order valence-corrected chi connectivity index (χ3v) is 6.00. The van der Waals surface area contributed by atoms with Crippen molar-refractivity contribution in [3.05, 3.63) is 70.4 Å². The van der Waals surface area contributed by atoms with E-state index in [0.717, 1.165) is 31.7 Å². The molecule has 1 fully saturated rings. The predicted molar refractivity (Wildman–Crippen MR) is 110 cm³/mol. The second-order valence-electron chi connectivity index (χ2n) is 7.32. The van der Waals surface area contributed by atoms with Gasteiger partial charge in [-0.2, -0.15) is 5.10 Å². The summed E-state index contributed by atoms with van der Waals surface area (Å²) in [6.07, 6.45) is 5.59. The first-order chi connectivity index (χ1) is 13.8. The molecule has 4 rings (SSSR count). The highest BCUT2D eigenvalue weighted by Crippen LogP contribution is 2.20. The zero-order valence-corrected chi connectivity index (χ0v) is 16.6. The van der Waals surface area contributed by atoms with Gasteiger partial charge in [0.25, 0.3) is 5.91 Å². The number of thiophene rings is 1. The van der Waals surface area contributed by atoms with E-state index in [0.29, 0.717) is 18.0 Å². The van der Waals surface area contributed by atoms with E-state index in [1.54, 1.807) is 11.0 Å². The zero-order chi connectivity index (χ0) is 19.2. The number of piperidine rings is 1. The van der Waals surface area contributed by atoms with Gasteiger partial charge in [-0.1, -0.05) is 18.2 Å². The van der Waals surface area contributed by atoms with E-state index < -0.39 is 0 Å². The van der Waals surface area contributed by atoms with Crippen LogP contribution in [-0.4, -0.2) is 45.2 Å². The van der Waals surface area contributed by atoms with Crippen molar-refractivity contribution in [3.63, 3.8) is 0 Å². The summed E-state index contributed by atoms with van der Waals surface area (Å²) in [5.74, 6) is 0.520. The fourth-order valence-electron chi connectivity index (χ4n) is 3.69. The monoisotopic (exact) mass is 395 g/mol. The number of benzene rings is 1. The number of hydrogen-bond acceptors (Lipinski definition) is 5. The van der Waals surface area contributed by atoms with E-state index in [4.69, 9.17) is 0 Å². The smallest absolute Gasteiger partial charge is 0.251 e. The molecule has 6 nitrogen and oxygen atoms in total. The lowest BCUT2D eigenvalue weighted by Gasteiger charge is -2.32. The quantitative estimate of drug-likeness (QED) is 0.668. The molecule has 1 saturated heterocycles. The molecule has 1 aliphatic heterocycles. The molecule has 0 bridgehead atoms. The topological polar surface area (TPSA) is 63.1 Å². The molecule has 0 saturated carbocycles. The first kappa shape index (κ1) is 18.8. The van der Waals surface area contributed by atoms with Crippen molar-refractivity contribution in [2.45, 2.75) is 25.9 Å². The summed E-state index contributed by atoms with van der Waals surface area (Å²) >= 11 is 1.82. The summed E-state index contributed by atoms with van der Waals surface area (Å²) < 4.78 is 1.76. The van der Waals surface area contributed by atoms with Crippen LogP contribution in [0, 0.1) is 5.92 Å². The van der Waals surface area contributed by atoms with Crippen LogP contribution < -0.4 is 5.32 Å². The molecule has 146 valence electrons. The van der Waals surface area contributed by atoms with Crippen LogP contribution >= 0.6 is 11.3 Å². The highest BCUT2D eigenvalue weighted by Gasteiger charge is 2.21. The molecule has 3 aromatic rings. The minimum Gasteiger partial charge on any atom is -0.352 e. The van der Waals surface area contributed by atoms with Crippen LogP contribution in [-0.2, 0) is 13.1 Å². The van der Waals surface area contributed by atoms with Gasteiger partial charge in [-0.15, -0.1) is 11.3 Å². The molecule has 0 aliphatic carbocycles. The summed E-state index contributed by atoms with van der Waals surface area (Å²) in [6.45, 7) is 4.62. The second-order valence-corrected chi connectivity index (χ2v) is 8.35. The van der Waals surface area contributed by atoms with Gasteiger partial charge in [0.2, 0.25) is 0 Å². The Hall–Kier alpha value is -2.51. The van der Waals surface area contributed by atoms with Gasteiger partial charge in [0.15, 0.2) is 0 Å². The maximum absolute atomic E-state index is 12.5. The summed E-state index contributed by atoms with van der Waals surface area (Å²) in [4.78, 5) is 20.4. The van der Waals surface area contributed by atoms with Crippen molar-refractivity contribution < 1.29 is 4.79 Å². The molecule has 7 heteroatoms. The fourth-order valence-corrected chi connectivity index (χ4v) is 4.43. The largest absolute Gasteiger partial charge is 0.352 e. The van der Waals surface area contributed by atoms with Gasteiger partial charge >= 0.3 is 0 Å². The van der Waals surface area contributed by atoms with Gasteiger partial charge in [-0.25, -0.2) is 9.67 Å². The molecule has 1 unspecified atom stereocenters. The first-order valence-electron chi connectivity index (χ1n) is 9.70. The van der Waals surface area contributed by atoms with Gasteiger partial charge in [0.05, 0.1) is 6.54 Å². The molecular formula is C21H25N5OS. The number of likely N-dealkylation sites (tertiary alicyclic amines) is 1. The van der Waals surface area contributed by atoms with Crippen LogP contribution in [0.4, 0.5) is 0 Å². The summed E-state index contributed by atoms with van der Waals surface area (Å²) in [5.41, 5.74) is 1.80. The number of rotatable bonds is 7. The average molecular weight is 396 g/mol. The van der Waals surface area contributed by atoms with Crippen molar-refractivity contribution >= 4 is 17.2 Å². The molecule has 1 amide bonds. The number of carbonyl (C=O) groups is 1. The molecule has 1 N–H and O–H groups in total. The number of carbonyl (C=O) groups excluding carboxylic acids is 1. The summed E-state index contributed by atoms with van der Waals surface area (Å²) in [7, 11) is 0.